The first-order valence-corrected chi connectivity index (χ1v) is 10.7. The molecule has 0 aromatic heterocycles. The third-order valence-electron chi connectivity index (χ3n) is 5.42. The van der Waals surface area contributed by atoms with Crippen LogP contribution in [0.15, 0.2) is 42.5 Å². The summed E-state index contributed by atoms with van der Waals surface area (Å²) in [6.45, 7) is 1.74. The molecule has 0 spiro atoms. The summed E-state index contributed by atoms with van der Waals surface area (Å²) >= 11 is 6.41. The quantitative estimate of drug-likeness (QED) is 0.543. The van der Waals surface area contributed by atoms with E-state index in [0.717, 1.165) is 17.7 Å². The number of carbonyl (C=O) groups is 1. The number of ether oxygens (including phenoxy) is 5. The van der Waals surface area contributed by atoms with E-state index >= 15 is 0 Å². The lowest BCUT2D eigenvalue weighted by molar-refractivity contribution is -0.280. The number of anilines is 1. The molecule has 8 nitrogen and oxygen atoms in total. The van der Waals surface area contributed by atoms with E-state index in [4.69, 9.17) is 35.3 Å². The van der Waals surface area contributed by atoms with Crippen LogP contribution in [0, 0.1) is 0 Å². The van der Waals surface area contributed by atoms with Crippen LogP contribution >= 0.6 is 11.6 Å². The molecule has 2 aromatic carbocycles. The minimum Gasteiger partial charge on any atom is -0.496 e. The lowest BCUT2D eigenvalue weighted by Gasteiger charge is -2.41. The number of halogens is 1. The van der Waals surface area contributed by atoms with E-state index in [0.29, 0.717) is 29.4 Å². The largest absolute Gasteiger partial charge is 0.496 e. The number of methoxy groups -OCH3 is 3. The maximum atomic E-state index is 12.2. The standard InChI is InChI=1S/C23H29ClN2O6/c1-28-20-12-19(26-22(27)32-14-16-7-5-4-6-8-16)18(24)11-17(20)15-31-21-13-25-10-9-23(21,29-2)30-3/h4-8,11-12,21,25H,9-10,13-15H2,1-3H3,(H,26,27). The SMILES string of the molecule is COc1cc(NC(=O)OCc2ccccc2)c(Cl)cc1COC1CNCCC1(OC)OC. The molecule has 1 aliphatic heterocycles. The molecule has 1 saturated heterocycles. The number of nitrogens with one attached hydrogen (secondary N) is 2. The van der Waals surface area contributed by atoms with Crippen LogP contribution in [0.3, 0.4) is 0 Å². The Morgan fingerprint density at radius 2 is 1.91 bits per heavy atom. The summed E-state index contributed by atoms with van der Waals surface area (Å²) in [5, 5.41) is 6.28. The Labute approximate surface area is 193 Å². The van der Waals surface area contributed by atoms with Crippen LogP contribution in [0.2, 0.25) is 5.02 Å². The fourth-order valence-electron chi connectivity index (χ4n) is 3.60. The predicted octanol–water partition coefficient (Wildman–Crippen LogP) is 3.96. The van der Waals surface area contributed by atoms with Gasteiger partial charge >= 0.3 is 6.09 Å². The van der Waals surface area contributed by atoms with Crippen LogP contribution in [0.4, 0.5) is 10.5 Å². The first-order chi connectivity index (χ1) is 15.5. The van der Waals surface area contributed by atoms with Crippen LogP contribution in [0.25, 0.3) is 0 Å². The topological polar surface area (TPSA) is 87.3 Å². The number of benzene rings is 2. The second-order valence-corrected chi connectivity index (χ2v) is 7.71. The van der Waals surface area contributed by atoms with Crippen molar-refractivity contribution in [3.05, 3.63) is 58.6 Å². The summed E-state index contributed by atoms with van der Waals surface area (Å²) in [7, 11) is 4.76. The summed E-state index contributed by atoms with van der Waals surface area (Å²) in [5.41, 5.74) is 2.00. The Balaban J connectivity index is 1.64. The maximum Gasteiger partial charge on any atom is 0.412 e. The van der Waals surface area contributed by atoms with Gasteiger partial charge in [0.15, 0.2) is 5.79 Å². The van der Waals surface area contributed by atoms with Gasteiger partial charge in [0.1, 0.15) is 18.5 Å². The average Bonchev–Trinajstić information content (AvgIpc) is 2.83. The van der Waals surface area contributed by atoms with Gasteiger partial charge in [0.05, 0.1) is 24.4 Å². The van der Waals surface area contributed by atoms with E-state index in [-0.39, 0.29) is 19.3 Å². The van der Waals surface area contributed by atoms with Crippen molar-refractivity contribution in [2.24, 2.45) is 0 Å². The molecule has 1 atom stereocenters. The molecule has 0 saturated carbocycles. The minimum absolute atomic E-state index is 0.156. The highest BCUT2D eigenvalue weighted by molar-refractivity contribution is 6.33. The number of piperidine rings is 1. The molecule has 0 radical (unpaired) electrons. The van der Waals surface area contributed by atoms with Gasteiger partial charge in [-0.1, -0.05) is 41.9 Å². The third kappa shape index (κ3) is 5.90. The summed E-state index contributed by atoms with van der Waals surface area (Å²) in [6, 6.07) is 12.8. The highest BCUT2D eigenvalue weighted by Crippen LogP contribution is 2.33. The van der Waals surface area contributed by atoms with Crippen molar-refractivity contribution in [3.8, 4) is 5.75 Å². The summed E-state index contributed by atoms with van der Waals surface area (Å²) in [4.78, 5) is 12.2. The van der Waals surface area contributed by atoms with E-state index in [1.807, 2.05) is 30.3 Å². The molecule has 3 rings (SSSR count). The highest BCUT2D eigenvalue weighted by atomic mass is 35.5. The van der Waals surface area contributed by atoms with Gasteiger partial charge in [-0.05, 0) is 11.6 Å². The normalized spacial score (nSPS) is 17.6. The Morgan fingerprint density at radius 3 is 2.59 bits per heavy atom. The van der Waals surface area contributed by atoms with Gasteiger partial charge < -0.3 is 29.0 Å². The zero-order chi connectivity index (χ0) is 23.0. The molecule has 1 heterocycles. The van der Waals surface area contributed by atoms with Crippen molar-refractivity contribution < 1.29 is 28.5 Å². The number of amides is 1. The van der Waals surface area contributed by atoms with E-state index in [1.54, 1.807) is 33.5 Å². The fraction of sp³-hybridized carbons (Fsp3) is 0.435. The minimum atomic E-state index is -0.813. The predicted molar refractivity (Wildman–Crippen MR) is 121 cm³/mol. The first-order valence-electron chi connectivity index (χ1n) is 10.3. The molecule has 1 amide bonds. The molecule has 0 aliphatic carbocycles. The average molecular weight is 465 g/mol. The van der Waals surface area contributed by atoms with Crippen molar-refractivity contribution in [1.82, 2.24) is 5.32 Å². The molecule has 174 valence electrons. The number of hydrogen-bond acceptors (Lipinski definition) is 7. The molecule has 0 bridgehead atoms. The molecule has 2 N–H and O–H groups in total. The van der Waals surface area contributed by atoms with Gasteiger partial charge in [-0.2, -0.15) is 0 Å². The van der Waals surface area contributed by atoms with E-state index < -0.39 is 11.9 Å². The summed E-state index contributed by atoms with van der Waals surface area (Å²) in [6.07, 6.45) is -0.267. The van der Waals surface area contributed by atoms with Gasteiger partial charge in [0.25, 0.3) is 0 Å². The summed E-state index contributed by atoms with van der Waals surface area (Å²) in [5.74, 6) is -0.288. The van der Waals surface area contributed by atoms with E-state index in [2.05, 4.69) is 10.6 Å². The van der Waals surface area contributed by atoms with Crippen LogP contribution in [-0.4, -0.2) is 52.4 Å². The molecule has 32 heavy (non-hydrogen) atoms. The van der Waals surface area contributed by atoms with Crippen LogP contribution in [-0.2, 0) is 32.2 Å². The monoisotopic (exact) mass is 464 g/mol. The molecule has 1 aliphatic rings. The van der Waals surface area contributed by atoms with Gasteiger partial charge in [0, 0.05) is 45.4 Å². The fourth-order valence-corrected chi connectivity index (χ4v) is 3.83. The van der Waals surface area contributed by atoms with Gasteiger partial charge in [0.2, 0.25) is 0 Å². The lowest BCUT2D eigenvalue weighted by atomic mass is 10.0. The van der Waals surface area contributed by atoms with Gasteiger partial charge in [-0.25, -0.2) is 4.79 Å². The zero-order valence-corrected chi connectivity index (χ0v) is 19.2. The van der Waals surface area contributed by atoms with Crippen LogP contribution < -0.4 is 15.4 Å². The van der Waals surface area contributed by atoms with Crippen LogP contribution in [0.1, 0.15) is 17.5 Å². The van der Waals surface area contributed by atoms with Gasteiger partial charge in [-0.15, -0.1) is 0 Å². The van der Waals surface area contributed by atoms with Crippen molar-refractivity contribution in [2.45, 2.75) is 31.5 Å². The molecular weight excluding hydrogens is 436 g/mol. The Hall–Kier alpha value is -2.36. The Kier molecular flexibility index (Phi) is 8.72. The molecule has 9 heteroatoms. The Bertz CT molecular complexity index is 892. The van der Waals surface area contributed by atoms with Crippen LogP contribution in [0.5, 0.6) is 5.75 Å². The lowest BCUT2D eigenvalue weighted by Crippen LogP contribution is -2.57. The summed E-state index contributed by atoms with van der Waals surface area (Å²) < 4.78 is 28.1. The van der Waals surface area contributed by atoms with Crippen molar-refractivity contribution >= 4 is 23.4 Å². The van der Waals surface area contributed by atoms with Crippen molar-refractivity contribution in [3.63, 3.8) is 0 Å². The molecule has 1 unspecified atom stereocenters. The number of rotatable bonds is 9. The zero-order valence-electron chi connectivity index (χ0n) is 18.5. The number of carbonyl (C=O) groups excluding carboxylic acids is 1. The van der Waals surface area contributed by atoms with Crippen molar-refractivity contribution in [1.29, 1.82) is 0 Å². The first kappa shape index (κ1) is 24.3. The highest BCUT2D eigenvalue weighted by Gasteiger charge is 2.42. The molecule has 2 aromatic rings. The van der Waals surface area contributed by atoms with Crippen molar-refractivity contribution in [2.75, 3.05) is 39.7 Å². The molecular formula is C23H29ClN2O6. The maximum absolute atomic E-state index is 12.2. The molecule has 1 fully saturated rings. The second kappa shape index (κ2) is 11.5. The third-order valence-corrected chi connectivity index (χ3v) is 5.73. The smallest absolute Gasteiger partial charge is 0.412 e. The second-order valence-electron chi connectivity index (χ2n) is 7.30. The van der Waals surface area contributed by atoms with E-state index in [1.165, 1.54) is 0 Å². The van der Waals surface area contributed by atoms with E-state index in [9.17, 15) is 4.79 Å². The Morgan fingerprint density at radius 1 is 1.16 bits per heavy atom. The van der Waals surface area contributed by atoms with Gasteiger partial charge in [-0.3, -0.25) is 5.32 Å². The number of hydrogen-bond donors (Lipinski definition) is 2.